The number of hydrogen-bond acceptors (Lipinski definition) is 3. The summed E-state index contributed by atoms with van der Waals surface area (Å²) in [7, 11) is 0. The number of amides is 2. The number of hydrogen-bond donors (Lipinski definition) is 3. The molecule has 2 atom stereocenters. The predicted octanol–water partition coefficient (Wildman–Crippen LogP) is 3.02. The molecule has 0 aliphatic carbocycles. The second kappa shape index (κ2) is 9.00. The molecule has 0 saturated carbocycles. The second-order valence-corrected chi connectivity index (χ2v) is 5.66. The smallest absolute Gasteiger partial charge is 0.314 e. The van der Waals surface area contributed by atoms with Crippen LogP contribution in [0.1, 0.15) is 37.2 Å². The van der Waals surface area contributed by atoms with Crippen molar-refractivity contribution in [1.29, 1.82) is 0 Å². The third-order valence-electron chi connectivity index (χ3n) is 3.60. The fraction of sp³-hybridized carbons (Fsp3) is 0.389. The molecule has 0 aliphatic rings. The van der Waals surface area contributed by atoms with Gasteiger partial charge in [0.15, 0.2) is 0 Å². The summed E-state index contributed by atoms with van der Waals surface area (Å²) < 4.78 is 5.14. The molecule has 3 N–H and O–H groups in total. The normalized spacial score (nSPS) is 13.3. The highest BCUT2D eigenvalue weighted by molar-refractivity contribution is 5.74. The first-order valence-electron chi connectivity index (χ1n) is 7.95. The molecular formula is C18H24N2O3. The monoisotopic (exact) mass is 316 g/mol. The highest BCUT2D eigenvalue weighted by Crippen LogP contribution is 2.18. The number of furan rings is 1. The summed E-state index contributed by atoms with van der Waals surface area (Å²) in [6.07, 6.45) is 3.05. The summed E-state index contributed by atoms with van der Waals surface area (Å²) >= 11 is 0. The van der Waals surface area contributed by atoms with E-state index in [0.717, 1.165) is 12.8 Å². The summed E-state index contributed by atoms with van der Waals surface area (Å²) in [5, 5.41) is 15.6. The summed E-state index contributed by atoms with van der Waals surface area (Å²) in [4.78, 5) is 11.8. The standard InChI is InChI=1S/C18H24N2O3/c1-14(13-16(21)17-10-6-12-23-17)20-18(22)19-11-5-9-15-7-3-2-4-8-15/h2-4,6-8,10,12,14,16,21H,5,9,11,13H2,1H3,(H2,19,20,22). The highest BCUT2D eigenvalue weighted by Gasteiger charge is 2.16. The topological polar surface area (TPSA) is 74.5 Å². The van der Waals surface area contributed by atoms with Gasteiger partial charge in [-0.25, -0.2) is 4.79 Å². The summed E-state index contributed by atoms with van der Waals surface area (Å²) in [6.45, 7) is 2.48. The van der Waals surface area contributed by atoms with Crippen molar-refractivity contribution in [2.24, 2.45) is 0 Å². The van der Waals surface area contributed by atoms with Crippen molar-refractivity contribution in [2.45, 2.75) is 38.3 Å². The Morgan fingerprint density at radius 1 is 1.22 bits per heavy atom. The van der Waals surface area contributed by atoms with E-state index in [1.54, 1.807) is 12.1 Å². The van der Waals surface area contributed by atoms with Crippen LogP contribution in [0.4, 0.5) is 4.79 Å². The molecule has 2 aromatic rings. The maximum absolute atomic E-state index is 11.8. The molecule has 5 heteroatoms. The van der Waals surface area contributed by atoms with Crippen LogP contribution in [0.5, 0.6) is 0 Å². The Morgan fingerprint density at radius 3 is 2.70 bits per heavy atom. The number of rotatable bonds is 8. The van der Waals surface area contributed by atoms with Gasteiger partial charge in [0.25, 0.3) is 0 Å². The van der Waals surface area contributed by atoms with Gasteiger partial charge in [-0.3, -0.25) is 0 Å². The SMILES string of the molecule is CC(CC(O)c1ccco1)NC(=O)NCCCc1ccccc1. The van der Waals surface area contributed by atoms with Crippen molar-refractivity contribution in [3.8, 4) is 0 Å². The van der Waals surface area contributed by atoms with E-state index in [9.17, 15) is 9.90 Å². The number of urea groups is 1. The van der Waals surface area contributed by atoms with Crippen LogP contribution in [0.25, 0.3) is 0 Å². The first kappa shape index (κ1) is 17.1. The summed E-state index contributed by atoms with van der Waals surface area (Å²) in [5.74, 6) is 0.516. The molecule has 124 valence electrons. The maximum Gasteiger partial charge on any atom is 0.314 e. The van der Waals surface area contributed by atoms with Gasteiger partial charge in [0.1, 0.15) is 11.9 Å². The highest BCUT2D eigenvalue weighted by atomic mass is 16.4. The molecule has 0 radical (unpaired) electrons. The van der Waals surface area contributed by atoms with Crippen LogP contribution in [0.3, 0.4) is 0 Å². The average Bonchev–Trinajstić information content (AvgIpc) is 3.07. The molecule has 0 aliphatic heterocycles. The second-order valence-electron chi connectivity index (χ2n) is 5.66. The Kier molecular flexibility index (Phi) is 6.69. The van der Waals surface area contributed by atoms with E-state index in [1.165, 1.54) is 11.8 Å². The molecule has 2 amide bonds. The van der Waals surface area contributed by atoms with Crippen molar-refractivity contribution in [1.82, 2.24) is 10.6 Å². The first-order chi connectivity index (χ1) is 11.1. The first-order valence-corrected chi connectivity index (χ1v) is 7.95. The zero-order valence-corrected chi connectivity index (χ0v) is 13.4. The number of aliphatic hydroxyl groups is 1. The fourth-order valence-corrected chi connectivity index (χ4v) is 2.40. The Labute approximate surface area is 136 Å². The van der Waals surface area contributed by atoms with E-state index in [0.29, 0.717) is 18.7 Å². The number of nitrogens with one attached hydrogen (secondary N) is 2. The van der Waals surface area contributed by atoms with E-state index in [4.69, 9.17) is 4.42 Å². The molecule has 23 heavy (non-hydrogen) atoms. The molecule has 1 heterocycles. The molecule has 0 fully saturated rings. The molecule has 1 aromatic carbocycles. The molecule has 1 aromatic heterocycles. The third-order valence-corrected chi connectivity index (χ3v) is 3.60. The Morgan fingerprint density at radius 2 is 2.00 bits per heavy atom. The van der Waals surface area contributed by atoms with Crippen molar-refractivity contribution in [3.05, 3.63) is 60.1 Å². The number of carbonyl (C=O) groups excluding carboxylic acids is 1. The van der Waals surface area contributed by atoms with Crippen LogP contribution in [-0.2, 0) is 6.42 Å². The van der Waals surface area contributed by atoms with Gasteiger partial charge >= 0.3 is 6.03 Å². The van der Waals surface area contributed by atoms with Crippen LogP contribution in [0.2, 0.25) is 0 Å². The van der Waals surface area contributed by atoms with Gasteiger partial charge in [-0.2, -0.15) is 0 Å². The van der Waals surface area contributed by atoms with Crippen molar-refractivity contribution in [2.75, 3.05) is 6.54 Å². The number of benzene rings is 1. The molecule has 2 rings (SSSR count). The van der Waals surface area contributed by atoms with Gasteiger partial charge < -0.3 is 20.2 Å². The number of aryl methyl sites for hydroxylation is 1. The van der Waals surface area contributed by atoms with Crippen molar-refractivity contribution < 1.29 is 14.3 Å². The average molecular weight is 316 g/mol. The van der Waals surface area contributed by atoms with Gasteiger partial charge in [-0.1, -0.05) is 30.3 Å². The lowest BCUT2D eigenvalue weighted by molar-refractivity contribution is 0.129. The van der Waals surface area contributed by atoms with Gasteiger partial charge in [0, 0.05) is 19.0 Å². The van der Waals surface area contributed by atoms with Gasteiger partial charge in [0.2, 0.25) is 0 Å². The number of carbonyl (C=O) groups is 1. The minimum atomic E-state index is -0.710. The Hall–Kier alpha value is -2.27. The van der Waals surface area contributed by atoms with E-state index >= 15 is 0 Å². The quantitative estimate of drug-likeness (QED) is 0.655. The third kappa shape index (κ3) is 6.16. The van der Waals surface area contributed by atoms with Crippen LogP contribution < -0.4 is 10.6 Å². The van der Waals surface area contributed by atoms with Crippen LogP contribution in [-0.4, -0.2) is 23.7 Å². The maximum atomic E-state index is 11.8. The summed E-state index contributed by atoms with van der Waals surface area (Å²) in [5.41, 5.74) is 1.27. The number of aliphatic hydroxyl groups excluding tert-OH is 1. The lowest BCUT2D eigenvalue weighted by atomic mass is 10.1. The summed E-state index contributed by atoms with van der Waals surface area (Å²) in [6, 6.07) is 13.3. The molecule has 0 bridgehead atoms. The Balaban J connectivity index is 1.60. The molecular weight excluding hydrogens is 292 g/mol. The Bertz CT molecular complexity index is 569. The van der Waals surface area contributed by atoms with Gasteiger partial charge in [-0.05, 0) is 37.5 Å². The lowest BCUT2D eigenvalue weighted by Gasteiger charge is -2.17. The lowest BCUT2D eigenvalue weighted by Crippen LogP contribution is -2.41. The minimum Gasteiger partial charge on any atom is -0.467 e. The van der Waals surface area contributed by atoms with Crippen LogP contribution in [0.15, 0.2) is 53.1 Å². The molecule has 5 nitrogen and oxygen atoms in total. The minimum absolute atomic E-state index is 0.149. The molecule has 2 unspecified atom stereocenters. The molecule has 0 saturated heterocycles. The molecule has 0 spiro atoms. The van der Waals surface area contributed by atoms with Gasteiger partial charge in [0.05, 0.1) is 6.26 Å². The van der Waals surface area contributed by atoms with E-state index in [2.05, 4.69) is 22.8 Å². The van der Waals surface area contributed by atoms with Crippen LogP contribution >= 0.6 is 0 Å². The van der Waals surface area contributed by atoms with Gasteiger partial charge in [-0.15, -0.1) is 0 Å². The zero-order chi connectivity index (χ0) is 16.5. The van der Waals surface area contributed by atoms with Crippen LogP contribution in [0, 0.1) is 0 Å². The van der Waals surface area contributed by atoms with E-state index in [-0.39, 0.29) is 12.1 Å². The van der Waals surface area contributed by atoms with Crippen molar-refractivity contribution in [3.63, 3.8) is 0 Å². The predicted molar refractivity (Wildman–Crippen MR) is 89.0 cm³/mol. The largest absolute Gasteiger partial charge is 0.467 e. The van der Waals surface area contributed by atoms with E-state index < -0.39 is 6.10 Å². The van der Waals surface area contributed by atoms with Crippen molar-refractivity contribution >= 4 is 6.03 Å². The zero-order valence-electron chi connectivity index (χ0n) is 13.4. The fourth-order valence-electron chi connectivity index (χ4n) is 2.40. The van der Waals surface area contributed by atoms with E-state index in [1.807, 2.05) is 25.1 Å².